The third-order valence-corrected chi connectivity index (χ3v) is 2.21. The van der Waals surface area contributed by atoms with Crippen molar-refractivity contribution in [3.05, 3.63) is 29.6 Å². The number of carbonyl (C=O) groups is 1. The van der Waals surface area contributed by atoms with Crippen molar-refractivity contribution in [2.75, 3.05) is 6.61 Å². The zero-order valence-electron chi connectivity index (χ0n) is 10.9. The fourth-order valence-electron chi connectivity index (χ4n) is 1.22. The molecule has 1 aromatic heterocycles. The van der Waals surface area contributed by atoms with Crippen LogP contribution in [0.15, 0.2) is 18.3 Å². The van der Waals surface area contributed by atoms with Crippen LogP contribution in [-0.2, 0) is 16.1 Å². The summed E-state index contributed by atoms with van der Waals surface area (Å²) >= 11 is 0. The van der Waals surface area contributed by atoms with Crippen molar-refractivity contribution >= 4 is 5.91 Å². The van der Waals surface area contributed by atoms with Gasteiger partial charge in [-0.1, -0.05) is 6.07 Å². The number of hydrogen-bond acceptors (Lipinski definition) is 3. The van der Waals surface area contributed by atoms with E-state index in [9.17, 15) is 4.79 Å². The minimum absolute atomic E-state index is 0.0788. The summed E-state index contributed by atoms with van der Waals surface area (Å²) in [6.45, 7) is 8.25. The van der Waals surface area contributed by atoms with Crippen molar-refractivity contribution in [3.8, 4) is 0 Å². The Balaban J connectivity index is 2.36. The van der Waals surface area contributed by atoms with E-state index in [0.29, 0.717) is 6.54 Å². The molecule has 0 aromatic carbocycles. The maximum atomic E-state index is 11.5. The third-order valence-electron chi connectivity index (χ3n) is 2.21. The number of nitrogens with zero attached hydrogens (tertiary/aromatic N) is 1. The smallest absolute Gasteiger partial charge is 0.246 e. The molecule has 0 saturated carbocycles. The number of aryl methyl sites for hydroxylation is 1. The van der Waals surface area contributed by atoms with Crippen LogP contribution in [0, 0.1) is 6.92 Å². The van der Waals surface area contributed by atoms with E-state index >= 15 is 0 Å². The Morgan fingerprint density at radius 1 is 1.47 bits per heavy atom. The van der Waals surface area contributed by atoms with E-state index < -0.39 is 0 Å². The summed E-state index contributed by atoms with van der Waals surface area (Å²) in [6, 6.07) is 3.85. The Morgan fingerprint density at radius 2 is 2.18 bits per heavy atom. The molecule has 0 unspecified atom stereocenters. The fraction of sp³-hybridized carbons (Fsp3) is 0.538. The molecule has 1 rings (SSSR count). The zero-order chi connectivity index (χ0) is 12.9. The zero-order valence-corrected chi connectivity index (χ0v) is 10.9. The highest BCUT2D eigenvalue weighted by molar-refractivity contribution is 5.77. The summed E-state index contributed by atoms with van der Waals surface area (Å²) in [7, 11) is 0. The van der Waals surface area contributed by atoms with Crippen molar-refractivity contribution in [1.82, 2.24) is 10.3 Å². The number of nitrogens with one attached hydrogen (secondary N) is 1. The monoisotopic (exact) mass is 236 g/mol. The minimum Gasteiger partial charge on any atom is -0.366 e. The molecule has 0 aliphatic heterocycles. The summed E-state index contributed by atoms with van der Waals surface area (Å²) in [5.41, 5.74) is 1.67. The van der Waals surface area contributed by atoms with Crippen molar-refractivity contribution in [3.63, 3.8) is 0 Å². The first-order valence-corrected chi connectivity index (χ1v) is 5.69. The molecule has 0 radical (unpaired) electrons. The number of aromatic nitrogens is 1. The average Bonchev–Trinajstić information content (AvgIpc) is 2.24. The van der Waals surface area contributed by atoms with Crippen LogP contribution in [0.1, 0.15) is 32.0 Å². The maximum Gasteiger partial charge on any atom is 0.246 e. The molecule has 0 saturated heterocycles. The third kappa shape index (κ3) is 5.45. The summed E-state index contributed by atoms with van der Waals surface area (Å²) in [6.07, 6.45) is 1.72. The van der Waals surface area contributed by atoms with Crippen molar-refractivity contribution in [2.24, 2.45) is 0 Å². The summed E-state index contributed by atoms with van der Waals surface area (Å²) in [5, 5.41) is 2.79. The molecule has 17 heavy (non-hydrogen) atoms. The second-order valence-electron chi connectivity index (χ2n) is 4.94. The molecule has 4 nitrogen and oxygen atoms in total. The number of rotatable bonds is 4. The highest BCUT2D eigenvalue weighted by Crippen LogP contribution is 2.06. The number of hydrogen-bond donors (Lipinski definition) is 1. The summed E-state index contributed by atoms with van der Waals surface area (Å²) < 4.78 is 5.38. The molecule has 0 aliphatic rings. The van der Waals surface area contributed by atoms with Gasteiger partial charge in [0, 0.05) is 6.20 Å². The Hall–Kier alpha value is -1.42. The molecule has 0 aliphatic carbocycles. The van der Waals surface area contributed by atoms with Crippen LogP contribution in [0.3, 0.4) is 0 Å². The number of pyridine rings is 1. The van der Waals surface area contributed by atoms with E-state index in [1.54, 1.807) is 6.20 Å². The van der Waals surface area contributed by atoms with Gasteiger partial charge in [-0.3, -0.25) is 9.78 Å². The molecule has 0 bridgehead atoms. The molecule has 1 heterocycles. The fourth-order valence-corrected chi connectivity index (χ4v) is 1.22. The largest absolute Gasteiger partial charge is 0.366 e. The van der Waals surface area contributed by atoms with E-state index in [-0.39, 0.29) is 18.1 Å². The maximum absolute atomic E-state index is 11.5. The van der Waals surface area contributed by atoms with Gasteiger partial charge in [-0.05, 0) is 39.3 Å². The van der Waals surface area contributed by atoms with Gasteiger partial charge in [-0.15, -0.1) is 0 Å². The Kier molecular flexibility index (Phi) is 4.63. The normalized spacial score (nSPS) is 11.3. The Labute approximate surface area is 102 Å². The van der Waals surface area contributed by atoms with E-state index in [1.807, 2.05) is 39.8 Å². The van der Waals surface area contributed by atoms with Gasteiger partial charge in [0.05, 0.1) is 17.8 Å². The molecule has 94 valence electrons. The van der Waals surface area contributed by atoms with Gasteiger partial charge in [0.1, 0.15) is 6.61 Å². The van der Waals surface area contributed by atoms with Crippen LogP contribution in [0.5, 0.6) is 0 Å². The Morgan fingerprint density at radius 3 is 2.76 bits per heavy atom. The molecular weight excluding hydrogens is 216 g/mol. The van der Waals surface area contributed by atoms with E-state index in [1.165, 1.54) is 0 Å². The van der Waals surface area contributed by atoms with Crippen LogP contribution < -0.4 is 5.32 Å². The lowest BCUT2D eigenvalue weighted by Gasteiger charge is -2.19. The molecule has 4 heteroatoms. The second-order valence-corrected chi connectivity index (χ2v) is 4.94. The SMILES string of the molecule is Cc1cccnc1CNC(=O)COC(C)(C)C. The molecule has 1 amide bonds. The van der Waals surface area contributed by atoms with Gasteiger partial charge >= 0.3 is 0 Å². The lowest BCUT2D eigenvalue weighted by atomic mass is 10.2. The summed E-state index contributed by atoms with van der Waals surface area (Å²) in [4.78, 5) is 15.7. The van der Waals surface area contributed by atoms with Crippen LogP contribution in [-0.4, -0.2) is 23.1 Å². The average molecular weight is 236 g/mol. The molecule has 1 N–H and O–H groups in total. The highest BCUT2D eigenvalue weighted by Gasteiger charge is 2.12. The van der Waals surface area contributed by atoms with Gasteiger partial charge in [0.15, 0.2) is 0 Å². The van der Waals surface area contributed by atoms with Crippen molar-refractivity contribution in [2.45, 2.75) is 39.8 Å². The quantitative estimate of drug-likeness (QED) is 0.867. The topological polar surface area (TPSA) is 51.2 Å². The number of amides is 1. The molecule has 0 fully saturated rings. The van der Waals surface area contributed by atoms with Gasteiger partial charge < -0.3 is 10.1 Å². The Bertz CT molecular complexity index is 383. The van der Waals surface area contributed by atoms with E-state index in [4.69, 9.17) is 4.74 Å². The number of ether oxygens (including phenoxy) is 1. The molecule has 0 atom stereocenters. The first-order valence-electron chi connectivity index (χ1n) is 5.69. The molecule has 0 spiro atoms. The van der Waals surface area contributed by atoms with Crippen molar-refractivity contribution in [1.29, 1.82) is 0 Å². The lowest BCUT2D eigenvalue weighted by Crippen LogP contribution is -2.32. The molecular formula is C13H20N2O2. The first-order chi connectivity index (χ1) is 7.88. The second kappa shape index (κ2) is 5.77. The van der Waals surface area contributed by atoms with Crippen LogP contribution in [0.25, 0.3) is 0 Å². The van der Waals surface area contributed by atoms with Crippen molar-refractivity contribution < 1.29 is 9.53 Å². The lowest BCUT2D eigenvalue weighted by molar-refractivity contribution is -0.130. The van der Waals surface area contributed by atoms with Crippen LogP contribution in [0.2, 0.25) is 0 Å². The van der Waals surface area contributed by atoms with Gasteiger partial charge in [0.25, 0.3) is 0 Å². The van der Waals surface area contributed by atoms with E-state index in [0.717, 1.165) is 11.3 Å². The van der Waals surface area contributed by atoms with Gasteiger partial charge in [-0.2, -0.15) is 0 Å². The first kappa shape index (κ1) is 13.6. The standard InChI is InChI=1S/C13H20N2O2/c1-10-6-5-7-14-11(10)8-15-12(16)9-17-13(2,3)4/h5-7H,8-9H2,1-4H3,(H,15,16). The summed E-state index contributed by atoms with van der Waals surface area (Å²) in [5.74, 6) is -0.120. The predicted molar refractivity (Wildman–Crippen MR) is 66.5 cm³/mol. The van der Waals surface area contributed by atoms with E-state index in [2.05, 4.69) is 10.3 Å². The highest BCUT2D eigenvalue weighted by atomic mass is 16.5. The minimum atomic E-state index is -0.293. The van der Waals surface area contributed by atoms with Gasteiger partial charge in [-0.25, -0.2) is 0 Å². The van der Waals surface area contributed by atoms with Crippen LogP contribution in [0.4, 0.5) is 0 Å². The van der Waals surface area contributed by atoms with Crippen LogP contribution >= 0.6 is 0 Å². The van der Waals surface area contributed by atoms with Gasteiger partial charge in [0.2, 0.25) is 5.91 Å². The predicted octanol–water partition coefficient (Wildman–Crippen LogP) is 1.82. The number of carbonyl (C=O) groups excluding carboxylic acids is 1. The molecule has 1 aromatic rings.